The number of aromatic hydroxyl groups is 1. The summed E-state index contributed by atoms with van der Waals surface area (Å²) in [6, 6.07) is 12.0. The van der Waals surface area contributed by atoms with Crippen molar-refractivity contribution in [1.82, 2.24) is 0 Å². The van der Waals surface area contributed by atoms with Crippen LogP contribution in [0, 0.1) is 10.5 Å². The molecule has 0 bridgehead atoms. The quantitative estimate of drug-likeness (QED) is 0.641. The number of carbonyl (C=O) groups is 1. The number of amides is 1. The molecular weight excluding hydrogens is 341 g/mol. The maximum Gasteiger partial charge on any atom is 0.255 e. The standard InChI is InChI=1S/C14H12INO2/c1-9-2-3-10(8-13(9)15)14(18)16-11-4-6-12(17)7-5-11/h2-8,17H,1H3,(H,16,18). The molecular formula is C14H12INO2. The highest BCUT2D eigenvalue weighted by Crippen LogP contribution is 2.17. The zero-order chi connectivity index (χ0) is 13.1. The number of rotatable bonds is 2. The van der Waals surface area contributed by atoms with Crippen LogP contribution in [0.25, 0.3) is 0 Å². The minimum atomic E-state index is -0.154. The number of halogens is 1. The van der Waals surface area contributed by atoms with E-state index >= 15 is 0 Å². The van der Waals surface area contributed by atoms with Gasteiger partial charge in [0.2, 0.25) is 0 Å². The molecule has 0 saturated carbocycles. The molecule has 4 heteroatoms. The first-order chi connectivity index (χ1) is 8.56. The Morgan fingerprint density at radius 2 is 1.83 bits per heavy atom. The molecule has 0 unspecified atom stereocenters. The Morgan fingerprint density at radius 1 is 1.17 bits per heavy atom. The minimum absolute atomic E-state index is 0.154. The molecule has 0 saturated heterocycles. The second-order valence-corrected chi connectivity index (χ2v) is 5.13. The number of nitrogens with one attached hydrogen (secondary N) is 1. The van der Waals surface area contributed by atoms with Crippen LogP contribution in [0.2, 0.25) is 0 Å². The second kappa shape index (κ2) is 5.39. The molecule has 0 aromatic heterocycles. The SMILES string of the molecule is Cc1ccc(C(=O)Nc2ccc(O)cc2)cc1I. The van der Waals surface area contributed by atoms with E-state index in [1.54, 1.807) is 18.2 Å². The molecule has 1 amide bonds. The number of phenols is 1. The van der Waals surface area contributed by atoms with E-state index in [4.69, 9.17) is 5.11 Å². The predicted molar refractivity (Wildman–Crippen MR) is 80.0 cm³/mol. The van der Waals surface area contributed by atoms with Gasteiger partial charge in [0.15, 0.2) is 0 Å². The molecule has 92 valence electrons. The summed E-state index contributed by atoms with van der Waals surface area (Å²) in [5, 5.41) is 11.9. The molecule has 18 heavy (non-hydrogen) atoms. The number of phenolic OH excluding ortho intramolecular Hbond substituents is 1. The average Bonchev–Trinajstić information content (AvgIpc) is 2.35. The summed E-state index contributed by atoms with van der Waals surface area (Å²) >= 11 is 2.21. The fourth-order valence-corrected chi connectivity index (χ4v) is 2.00. The molecule has 0 fully saturated rings. The van der Waals surface area contributed by atoms with Gasteiger partial charge in [-0.05, 0) is 71.5 Å². The maximum atomic E-state index is 12.0. The Kier molecular flexibility index (Phi) is 3.86. The van der Waals surface area contributed by atoms with Crippen molar-refractivity contribution in [3.63, 3.8) is 0 Å². The Bertz CT molecular complexity index is 579. The van der Waals surface area contributed by atoms with Gasteiger partial charge in [-0.1, -0.05) is 6.07 Å². The van der Waals surface area contributed by atoms with E-state index in [0.29, 0.717) is 11.3 Å². The van der Waals surface area contributed by atoms with E-state index in [9.17, 15) is 4.79 Å². The topological polar surface area (TPSA) is 49.3 Å². The Morgan fingerprint density at radius 3 is 2.44 bits per heavy atom. The lowest BCUT2D eigenvalue weighted by atomic mass is 10.1. The highest BCUT2D eigenvalue weighted by molar-refractivity contribution is 14.1. The van der Waals surface area contributed by atoms with Crippen LogP contribution in [-0.2, 0) is 0 Å². The first kappa shape index (κ1) is 12.9. The van der Waals surface area contributed by atoms with E-state index < -0.39 is 0 Å². The lowest BCUT2D eigenvalue weighted by molar-refractivity contribution is 0.102. The van der Waals surface area contributed by atoms with Gasteiger partial charge in [0, 0.05) is 14.8 Å². The van der Waals surface area contributed by atoms with Gasteiger partial charge < -0.3 is 10.4 Å². The van der Waals surface area contributed by atoms with Crippen molar-refractivity contribution in [3.05, 3.63) is 57.2 Å². The summed E-state index contributed by atoms with van der Waals surface area (Å²) in [6.45, 7) is 2.00. The van der Waals surface area contributed by atoms with E-state index in [2.05, 4.69) is 27.9 Å². The lowest BCUT2D eigenvalue weighted by Crippen LogP contribution is -2.12. The molecule has 0 heterocycles. The van der Waals surface area contributed by atoms with Crippen LogP contribution in [-0.4, -0.2) is 11.0 Å². The summed E-state index contributed by atoms with van der Waals surface area (Å²) in [5.74, 6) is 0.0245. The van der Waals surface area contributed by atoms with Crippen molar-refractivity contribution in [1.29, 1.82) is 0 Å². The van der Waals surface area contributed by atoms with Crippen molar-refractivity contribution in [2.45, 2.75) is 6.92 Å². The molecule has 0 radical (unpaired) electrons. The van der Waals surface area contributed by atoms with Crippen LogP contribution in [0.3, 0.4) is 0 Å². The highest BCUT2D eigenvalue weighted by atomic mass is 127. The molecule has 2 rings (SSSR count). The van der Waals surface area contributed by atoms with Gasteiger partial charge in [-0.15, -0.1) is 0 Å². The van der Waals surface area contributed by atoms with Gasteiger partial charge in [-0.25, -0.2) is 0 Å². The number of anilines is 1. The smallest absolute Gasteiger partial charge is 0.255 e. The van der Waals surface area contributed by atoms with Crippen molar-refractivity contribution >= 4 is 34.2 Å². The Labute approximate surface area is 119 Å². The van der Waals surface area contributed by atoms with Gasteiger partial charge in [-0.2, -0.15) is 0 Å². The molecule has 0 aliphatic heterocycles. The molecule has 2 N–H and O–H groups in total. The van der Waals surface area contributed by atoms with Crippen molar-refractivity contribution in [2.75, 3.05) is 5.32 Å². The van der Waals surface area contributed by atoms with Gasteiger partial charge in [0.05, 0.1) is 0 Å². The van der Waals surface area contributed by atoms with Crippen molar-refractivity contribution in [2.24, 2.45) is 0 Å². The summed E-state index contributed by atoms with van der Waals surface area (Å²) in [6.07, 6.45) is 0. The molecule has 0 atom stereocenters. The van der Waals surface area contributed by atoms with Gasteiger partial charge in [-0.3, -0.25) is 4.79 Å². The van der Waals surface area contributed by atoms with E-state index in [0.717, 1.165) is 9.13 Å². The summed E-state index contributed by atoms with van der Waals surface area (Å²) < 4.78 is 1.06. The normalized spacial score (nSPS) is 10.1. The van der Waals surface area contributed by atoms with Crippen LogP contribution in [0.4, 0.5) is 5.69 Å². The van der Waals surface area contributed by atoms with E-state index in [1.165, 1.54) is 12.1 Å². The van der Waals surface area contributed by atoms with Gasteiger partial charge in [0.25, 0.3) is 5.91 Å². The lowest BCUT2D eigenvalue weighted by Gasteiger charge is -2.06. The molecule has 2 aromatic carbocycles. The summed E-state index contributed by atoms with van der Waals surface area (Å²) in [7, 11) is 0. The van der Waals surface area contributed by atoms with Crippen molar-refractivity contribution in [3.8, 4) is 5.75 Å². The summed E-state index contributed by atoms with van der Waals surface area (Å²) in [4.78, 5) is 12.0. The fourth-order valence-electron chi connectivity index (χ4n) is 1.48. The minimum Gasteiger partial charge on any atom is -0.508 e. The number of carbonyl (C=O) groups excluding carboxylic acids is 1. The average molecular weight is 353 g/mol. The molecule has 3 nitrogen and oxygen atoms in total. The monoisotopic (exact) mass is 353 g/mol. The number of aryl methyl sites for hydroxylation is 1. The van der Waals surface area contributed by atoms with Gasteiger partial charge in [0.1, 0.15) is 5.75 Å². The third kappa shape index (κ3) is 3.01. The van der Waals surface area contributed by atoms with Crippen LogP contribution in [0.1, 0.15) is 15.9 Å². The maximum absolute atomic E-state index is 12.0. The Hall–Kier alpha value is -1.56. The molecule has 0 spiro atoms. The number of hydrogen-bond acceptors (Lipinski definition) is 2. The first-order valence-corrected chi connectivity index (χ1v) is 6.50. The van der Waals surface area contributed by atoms with Crippen LogP contribution in [0.15, 0.2) is 42.5 Å². The zero-order valence-electron chi connectivity index (χ0n) is 9.77. The van der Waals surface area contributed by atoms with Gasteiger partial charge >= 0.3 is 0 Å². The second-order valence-electron chi connectivity index (χ2n) is 3.96. The molecule has 2 aromatic rings. The van der Waals surface area contributed by atoms with Crippen LogP contribution >= 0.6 is 22.6 Å². The largest absolute Gasteiger partial charge is 0.508 e. The van der Waals surface area contributed by atoms with E-state index in [-0.39, 0.29) is 11.7 Å². The van der Waals surface area contributed by atoms with Crippen molar-refractivity contribution < 1.29 is 9.90 Å². The molecule has 0 aliphatic rings. The third-order valence-corrected chi connectivity index (χ3v) is 3.72. The van der Waals surface area contributed by atoms with Crippen LogP contribution in [0.5, 0.6) is 5.75 Å². The summed E-state index contributed by atoms with van der Waals surface area (Å²) in [5.41, 5.74) is 2.43. The number of hydrogen-bond donors (Lipinski definition) is 2. The van der Waals surface area contributed by atoms with Crippen LogP contribution < -0.4 is 5.32 Å². The first-order valence-electron chi connectivity index (χ1n) is 5.43. The fraction of sp³-hybridized carbons (Fsp3) is 0.0714. The highest BCUT2D eigenvalue weighted by Gasteiger charge is 2.07. The van der Waals surface area contributed by atoms with E-state index in [1.807, 2.05) is 19.1 Å². The predicted octanol–water partition coefficient (Wildman–Crippen LogP) is 3.56. The third-order valence-electron chi connectivity index (χ3n) is 2.56. The zero-order valence-corrected chi connectivity index (χ0v) is 11.9. The number of benzene rings is 2. The molecule has 0 aliphatic carbocycles. The Balaban J connectivity index is 2.16.